The third-order valence-corrected chi connectivity index (χ3v) is 5.24. The molecule has 0 atom stereocenters. The predicted molar refractivity (Wildman–Crippen MR) is 104 cm³/mol. The van der Waals surface area contributed by atoms with Crippen molar-refractivity contribution in [2.45, 2.75) is 6.92 Å². The van der Waals surface area contributed by atoms with Gasteiger partial charge in [-0.15, -0.1) is 11.3 Å². The molecule has 0 saturated heterocycles. The smallest absolute Gasteiger partial charge is 0.350 e. The van der Waals surface area contributed by atoms with Crippen molar-refractivity contribution in [2.24, 2.45) is 0 Å². The number of H-pyrrole nitrogens is 1. The lowest BCUT2D eigenvalue weighted by atomic mass is 10.1. The first-order valence-electron chi connectivity index (χ1n) is 8.07. The number of ether oxygens (including phenoxy) is 1. The summed E-state index contributed by atoms with van der Waals surface area (Å²) in [6, 6.07) is 12.7. The van der Waals surface area contributed by atoms with Gasteiger partial charge in [-0.05, 0) is 37.3 Å². The van der Waals surface area contributed by atoms with E-state index in [-0.39, 0.29) is 5.56 Å². The summed E-state index contributed by atoms with van der Waals surface area (Å²) in [4.78, 5) is 32.0. The SMILES string of the molecule is CCOC(=O)c1sc2ccc(-c3nc4ccccc4c(=O)[nH]3)cc2c1N. The average molecular weight is 365 g/mol. The number of aromatic nitrogens is 2. The lowest BCUT2D eigenvalue weighted by Gasteiger charge is -2.04. The monoisotopic (exact) mass is 365 g/mol. The van der Waals surface area contributed by atoms with Gasteiger partial charge in [-0.2, -0.15) is 0 Å². The summed E-state index contributed by atoms with van der Waals surface area (Å²) in [5.41, 5.74) is 7.68. The van der Waals surface area contributed by atoms with Crippen LogP contribution in [0.1, 0.15) is 16.6 Å². The minimum Gasteiger partial charge on any atom is -0.462 e. The molecule has 0 aliphatic carbocycles. The second-order valence-electron chi connectivity index (χ2n) is 5.71. The Bertz CT molecular complexity index is 1210. The maximum absolute atomic E-state index is 12.3. The molecule has 0 unspecified atom stereocenters. The molecule has 130 valence electrons. The molecule has 0 fully saturated rings. The number of hydrogen-bond donors (Lipinski definition) is 2. The zero-order chi connectivity index (χ0) is 18.3. The Morgan fingerprint density at radius 1 is 1.23 bits per heavy atom. The number of carbonyl (C=O) groups is 1. The number of nitrogens with two attached hydrogens (primary N) is 1. The largest absolute Gasteiger partial charge is 0.462 e. The van der Waals surface area contributed by atoms with Crippen LogP contribution in [0.2, 0.25) is 0 Å². The number of rotatable bonds is 3. The summed E-state index contributed by atoms with van der Waals surface area (Å²) < 4.78 is 5.92. The maximum Gasteiger partial charge on any atom is 0.350 e. The summed E-state index contributed by atoms with van der Waals surface area (Å²) in [6.07, 6.45) is 0. The fraction of sp³-hybridized carbons (Fsp3) is 0.105. The van der Waals surface area contributed by atoms with Crippen LogP contribution in [0.4, 0.5) is 5.69 Å². The molecule has 0 aliphatic rings. The van der Waals surface area contributed by atoms with E-state index in [1.165, 1.54) is 11.3 Å². The van der Waals surface area contributed by atoms with Crippen LogP contribution >= 0.6 is 11.3 Å². The summed E-state index contributed by atoms with van der Waals surface area (Å²) in [7, 11) is 0. The lowest BCUT2D eigenvalue weighted by molar-refractivity contribution is 0.0533. The van der Waals surface area contributed by atoms with E-state index in [0.717, 1.165) is 15.6 Å². The fourth-order valence-electron chi connectivity index (χ4n) is 2.84. The Morgan fingerprint density at radius 3 is 2.85 bits per heavy atom. The van der Waals surface area contributed by atoms with Gasteiger partial charge >= 0.3 is 5.97 Å². The van der Waals surface area contributed by atoms with Gasteiger partial charge in [0.1, 0.15) is 10.7 Å². The van der Waals surface area contributed by atoms with Crippen molar-refractivity contribution in [1.29, 1.82) is 0 Å². The van der Waals surface area contributed by atoms with Crippen LogP contribution < -0.4 is 11.3 Å². The van der Waals surface area contributed by atoms with Crippen molar-refractivity contribution in [3.05, 3.63) is 57.7 Å². The summed E-state index contributed by atoms with van der Waals surface area (Å²) in [6.45, 7) is 2.04. The predicted octanol–water partition coefficient (Wildman–Crippen LogP) is 3.56. The van der Waals surface area contributed by atoms with Gasteiger partial charge in [-0.3, -0.25) is 4.79 Å². The number of nitrogens with zero attached hydrogens (tertiary/aromatic N) is 1. The first-order chi connectivity index (χ1) is 12.6. The molecular weight excluding hydrogens is 350 g/mol. The summed E-state index contributed by atoms with van der Waals surface area (Å²) >= 11 is 1.29. The maximum atomic E-state index is 12.3. The van der Waals surface area contributed by atoms with Crippen LogP contribution in [0.15, 0.2) is 47.3 Å². The van der Waals surface area contributed by atoms with Crippen LogP contribution in [-0.2, 0) is 4.74 Å². The minimum absolute atomic E-state index is 0.198. The third kappa shape index (κ3) is 2.62. The molecule has 26 heavy (non-hydrogen) atoms. The highest BCUT2D eigenvalue weighted by Crippen LogP contribution is 2.36. The minimum atomic E-state index is -0.426. The third-order valence-electron chi connectivity index (χ3n) is 4.07. The van der Waals surface area contributed by atoms with E-state index in [9.17, 15) is 9.59 Å². The second-order valence-corrected chi connectivity index (χ2v) is 6.76. The van der Waals surface area contributed by atoms with Gasteiger partial charge in [0.05, 0.1) is 23.2 Å². The zero-order valence-corrected chi connectivity index (χ0v) is 14.7. The van der Waals surface area contributed by atoms with Gasteiger partial charge in [0.25, 0.3) is 5.56 Å². The van der Waals surface area contributed by atoms with Crippen LogP contribution in [0.25, 0.3) is 32.4 Å². The molecular formula is C19H15N3O3S. The van der Waals surface area contributed by atoms with Crippen molar-refractivity contribution >= 4 is 44.0 Å². The molecule has 3 N–H and O–H groups in total. The van der Waals surface area contributed by atoms with Gasteiger partial charge in [-0.25, -0.2) is 9.78 Å². The van der Waals surface area contributed by atoms with Gasteiger partial charge < -0.3 is 15.5 Å². The Morgan fingerprint density at radius 2 is 2.04 bits per heavy atom. The number of esters is 1. The van der Waals surface area contributed by atoms with E-state index in [1.807, 2.05) is 24.3 Å². The van der Waals surface area contributed by atoms with E-state index < -0.39 is 5.97 Å². The van der Waals surface area contributed by atoms with Crippen LogP contribution in [-0.4, -0.2) is 22.5 Å². The number of anilines is 1. The van der Waals surface area contributed by atoms with Crippen LogP contribution in [0.5, 0.6) is 0 Å². The Kier molecular flexibility index (Phi) is 3.93. The number of thiophene rings is 1. The highest BCUT2D eigenvalue weighted by atomic mass is 32.1. The molecule has 0 aliphatic heterocycles. The van der Waals surface area contributed by atoms with E-state index >= 15 is 0 Å². The van der Waals surface area contributed by atoms with E-state index in [4.69, 9.17) is 10.5 Å². The van der Waals surface area contributed by atoms with E-state index in [2.05, 4.69) is 9.97 Å². The molecule has 7 heteroatoms. The Balaban J connectivity index is 1.87. The van der Waals surface area contributed by atoms with Gasteiger partial charge in [0, 0.05) is 15.6 Å². The van der Waals surface area contributed by atoms with Gasteiger partial charge in [0.2, 0.25) is 0 Å². The quantitative estimate of drug-likeness (QED) is 0.541. The average Bonchev–Trinajstić information content (AvgIpc) is 2.98. The topological polar surface area (TPSA) is 98.1 Å². The standard InChI is InChI=1S/C19H15N3O3S/c1-2-25-19(24)16-15(20)12-9-10(7-8-14(12)26-16)17-21-13-6-4-3-5-11(13)18(23)22-17/h3-9H,2,20H2,1H3,(H,21,22,23). The Labute approximate surface area is 152 Å². The first-order valence-corrected chi connectivity index (χ1v) is 8.88. The molecule has 6 nitrogen and oxygen atoms in total. The highest BCUT2D eigenvalue weighted by Gasteiger charge is 2.18. The Hall–Kier alpha value is -3.19. The van der Waals surface area contributed by atoms with Crippen molar-refractivity contribution < 1.29 is 9.53 Å². The summed E-state index contributed by atoms with van der Waals surface area (Å²) in [5, 5.41) is 1.28. The van der Waals surface area contributed by atoms with Crippen LogP contribution in [0, 0.1) is 0 Å². The van der Waals surface area contributed by atoms with Gasteiger partial charge in [0.15, 0.2) is 0 Å². The number of fused-ring (bicyclic) bond motifs is 2. The molecule has 2 heterocycles. The van der Waals surface area contributed by atoms with E-state index in [1.54, 1.807) is 25.1 Å². The van der Waals surface area contributed by atoms with E-state index in [0.29, 0.717) is 33.9 Å². The molecule has 2 aromatic carbocycles. The molecule has 0 bridgehead atoms. The number of benzene rings is 2. The number of hydrogen-bond acceptors (Lipinski definition) is 6. The highest BCUT2D eigenvalue weighted by molar-refractivity contribution is 7.21. The normalized spacial score (nSPS) is 11.1. The molecule has 0 amide bonds. The lowest BCUT2D eigenvalue weighted by Crippen LogP contribution is -2.09. The number of aromatic amines is 1. The summed E-state index contributed by atoms with van der Waals surface area (Å²) in [5.74, 6) is 0.0314. The van der Waals surface area contributed by atoms with Crippen molar-refractivity contribution in [3.8, 4) is 11.4 Å². The molecule has 0 radical (unpaired) electrons. The van der Waals surface area contributed by atoms with Crippen LogP contribution in [0.3, 0.4) is 0 Å². The van der Waals surface area contributed by atoms with Crippen molar-refractivity contribution in [2.75, 3.05) is 12.3 Å². The first kappa shape index (κ1) is 16.3. The molecule has 4 aromatic rings. The number of nitrogen functional groups attached to an aromatic ring is 1. The molecule has 0 saturated carbocycles. The molecule has 0 spiro atoms. The van der Waals surface area contributed by atoms with Gasteiger partial charge in [-0.1, -0.05) is 12.1 Å². The molecule has 2 aromatic heterocycles. The van der Waals surface area contributed by atoms with Crippen molar-refractivity contribution in [3.63, 3.8) is 0 Å². The zero-order valence-electron chi connectivity index (χ0n) is 13.9. The molecule has 4 rings (SSSR count). The number of carbonyl (C=O) groups excluding carboxylic acids is 1. The fourth-order valence-corrected chi connectivity index (χ4v) is 3.83. The number of para-hydroxylation sites is 1. The van der Waals surface area contributed by atoms with Crippen molar-refractivity contribution in [1.82, 2.24) is 9.97 Å². The second kappa shape index (κ2) is 6.27. The number of nitrogens with one attached hydrogen (secondary N) is 1.